The van der Waals surface area contributed by atoms with Crippen LogP contribution in [0.3, 0.4) is 0 Å². The summed E-state index contributed by atoms with van der Waals surface area (Å²) < 4.78 is 5.23. The van der Waals surface area contributed by atoms with Crippen LogP contribution in [0, 0.1) is 0 Å². The van der Waals surface area contributed by atoms with E-state index in [1.54, 1.807) is 6.07 Å². The number of aliphatic hydroxyl groups excluding tert-OH is 1. The molecule has 124 valence electrons. The Bertz CT molecular complexity index is 745. The molecule has 1 aromatic heterocycles. The molecule has 1 fully saturated rings. The van der Waals surface area contributed by atoms with E-state index in [0.717, 1.165) is 48.6 Å². The van der Waals surface area contributed by atoms with Crippen molar-refractivity contribution < 1.29 is 19.9 Å². The Morgan fingerprint density at radius 2 is 1.91 bits per heavy atom. The van der Waals surface area contributed by atoms with Crippen LogP contribution in [-0.2, 0) is 13.0 Å². The summed E-state index contributed by atoms with van der Waals surface area (Å²) in [6, 6.07) is 5.49. The first-order valence-corrected chi connectivity index (χ1v) is 8.37. The van der Waals surface area contributed by atoms with Crippen molar-refractivity contribution in [3.05, 3.63) is 39.7 Å². The highest BCUT2D eigenvalue weighted by molar-refractivity contribution is 5.82. The highest BCUT2D eigenvalue weighted by Crippen LogP contribution is 2.26. The first-order valence-electron chi connectivity index (χ1n) is 8.37. The van der Waals surface area contributed by atoms with Crippen molar-refractivity contribution in [2.45, 2.75) is 57.7 Å². The number of hydrogen-bond donors (Lipinski definition) is 3. The minimum absolute atomic E-state index is 0.153. The maximum atomic E-state index is 11.8. The molecule has 0 unspecified atom stereocenters. The maximum Gasteiger partial charge on any atom is 0.336 e. The van der Waals surface area contributed by atoms with Crippen molar-refractivity contribution in [3.63, 3.8) is 0 Å². The smallest absolute Gasteiger partial charge is 0.336 e. The third-order valence-corrected chi connectivity index (χ3v) is 4.82. The molecule has 0 amide bonds. The third kappa shape index (κ3) is 3.57. The molecule has 0 saturated heterocycles. The monoisotopic (exact) mass is 318 g/mol. The number of quaternary nitrogens is 1. The second-order valence-electron chi connectivity index (χ2n) is 6.43. The summed E-state index contributed by atoms with van der Waals surface area (Å²) in [4.78, 5) is 11.8. The quantitative estimate of drug-likeness (QED) is 0.744. The van der Waals surface area contributed by atoms with Crippen LogP contribution in [-0.4, -0.2) is 22.4 Å². The van der Waals surface area contributed by atoms with Gasteiger partial charge in [0, 0.05) is 35.9 Å². The Kier molecular flexibility index (Phi) is 4.68. The molecule has 0 bridgehead atoms. The minimum atomic E-state index is -0.386. The van der Waals surface area contributed by atoms with Gasteiger partial charge in [0.15, 0.2) is 0 Å². The Balaban J connectivity index is 1.85. The molecule has 0 radical (unpaired) electrons. The summed E-state index contributed by atoms with van der Waals surface area (Å²) in [5.74, 6) is 0.172. The Morgan fingerprint density at radius 3 is 2.61 bits per heavy atom. The number of phenolic OH excluding ortho intramolecular Hbond substituents is 1. The molecule has 5 heteroatoms. The van der Waals surface area contributed by atoms with Crippen LogP contribution in [0.1, 0.15) is 43.7 Å². The molecule has 1 aliphatic rings. The van der Waals surface area contributed by atoms with Gasteiger partial charge in [0.25, 0.3) is 0 Å². The van der Waals surface area contributed by atoms with Gasteiger partial charge in [-0.15, -0.1) is 0 Å². The molecule has 2 aromatic rings. The second kappa shape index (κ2) is 6.72. The zero-order valence-electron chi connectivity index (χ0n) is 13.4. The maximum absolute atomic E-state index is 11.8. The highest BCUT2D eigenvalue weighted by atomic mass is 16.4. The molecule has 1 heterocycles. The summed E-state index contributed by atoms with van der Waals surface area (Å²) in [6.07, 6.45) is 4.28. The van der Waals surface area contributed by atoms with E-state index in [9.17, 15) is 15.0 Å². The Labute approximate surface area is 134 Å². The van der Waals surface area contributed by atoms with Crippen molar-refractivity contribution in [2.75, 3.05) is 0 Å². The van der Waals surface area contributed by atoms with Gasteiger partial charge in [-0.25, -0.2) is 4.79 Å². The molecule has 4 N–H and O–H groups in total. The minimum Gasteiger partial charge on any atom is -0.508 e. The standard InChI is InChI=1S/C18H23NO4/c1-2-11-7-15-12(8-18(22)23-17(15)9-16(11)21)10-19-13-3-5-14(20)6-4-13/h7-9,13-14,19-21H,2-6,10H2,1H3/p+1. The first-order chi connectivity index (χ1) is 11.1. The number of hydrogen-bond acceptors (Lipinski definition) is 4. The molecule has 3 rings (SSSR count). The van der Waals surface area contributed by atoms with Crippen LogP contribution in [0.25, 0.3) is 11.0 Å². The van der Waals surface area contributed by atoms with Gasteiger partial charge < -0.3 is 19.9 Å². The number of aromatic hydroxyl groups is 1. The molecule has 1 aromatic carbocycles. The van der Waals surface area contributed by atoms with Crippen LogP contribution in [0.4, 0.5) is 0 Å². The lowest BCUT2D eigenvalue weighted by atomic mass is 9.93. The van der Waals surface area contributed by atoms with E-state index in [-0.39, 0.29) is 17.5 Å². The van der Waals surface area contributed by atoms with E-state index in [4.69, 9.17) is 4.42 Å². The number of fused-ring (bicyclic) bond motifs is 1. The lowest BCUT2D eigenvalue weighted by Gasteiger charge is -2.23. The highest BCUT2D eigenvalue weighted by Gasteiger charge is 2.22. The molecular weight excluding hydrogens is 294 g/mol. The predicted octanol–water partition coefficient (Wildman–Crippen LogP) is 1.43. The number of nitrogens with two attached hydrogens (primary N) is 1. The largest absolute Gasteiger partial charge is 0.508 e. The zero-order valence-corrected chi connectivity index (χ0v) is 13.4. The van der Waals surface area contributed by atoms with Crippen molar-refractivity contribution in [1.29, 1.82) is 0 Å². The summed E-state index contributed by atoms with van der Waals surface area (Å²) in [7, 11) is 0. The lowest BCUT2D eigenvalue weighted by Crippen LogP contribution is -2.89. The van der Waals surface area contributed by atoms with Crippen LogP contribution in [0.15, 0.2) is 27.4 Å². The lowest BCUT2D eigenvalue weighted by molar-refractivity contribution is -0.707. The van der Waals surface area contributed by atoms with Gasteiger partial charge in [-0.1, -0.05) is 6.92 Å². The van der Waals surface area contributed by atoms with Crippen LogP contribution in [0.2, 0.25) is 0 Å². The van der Waals surface area contributed by atoms with E-state index >= 15 is 0 Å². The zero-order chi connectivity index (χ0) is 16.4. The number of rotatable bonds is 4. The van der Waals surface area contributed by atoms with E-state index < -0.39 is 0 Å². The fourth-order valence-electron chi connectivity index (χ4n) is 3.39. The van der Waals surface area contributed by atoms with Crippen LogP contribution < -0.4 is 10.9 Å². The van der Waals surface area contributed by atoms with Gasteiger partial charge in [0.05, 0.1) is 12.1 Å². The topological polar surface area (TPSA) is 87.3 Å². The summed E-state index contributed by atoms with van der Waals surface area (Å²) in [6.45, 7) is 2.69. The van der Waals surface area contributed by atoms with E-state index in [1.807, 2.05) is 13.0 Å². The number of phenols is 1. The normalized spacial score (nSPS) is 21.7. The fourth-order valence-corrected chi connectivity index (χ4v) is 3.39. The summed E-state index contributed by atoms with van der Waals surface area (Å²) in [5, 5.41) is 22.7. The SMILES string of the molecule is CCc1cc2c(C[NH2+]C3CCC(O)CC3)cc(=O)oc2cc1O. The van der Waals surface area contributed by atoms with Crippen LogP contribution in [0.5, 0.6) is 5.75 Å². The van der Waals surface area contributed by atoms with Crippen molar-refractivity contribution >= 4 is 11.0 Å². The summed E-state index contributed by atoms with van der Waals surface area (Å²) in [5.41, 5.74) is 1.85. The molecule has 1 aliphatic carbocycles. The fraction of sp³-hybridized carbons (Fsp3) is 0.500. The molecule has 0 aliphatic heterocycles. The van der Waals surface area contributed by atoms with E-state index in [2.05, 4.69) is 5.32 Å². The van der Waals surface area contributed by atoms with E-state index in [1.165, 1.54) is 6.07 Å². The number of aryl methyl sites for hydroxylation is 1. The molecule has 5 nitrogen and oxygen atoms in total. The molecule has 0 atom stereocenters. The molecular formula is C18H24NO4+. The third-order valence-electron chi connectivity index (χ3n) is 4.82. The van der Waals surface area contributed by atoms with Gasteiger partial charge >= 0.3 is 5.63 Å². The molecule has 1 saturated carbocycles. The van der Waals surface area contributed by atoms with E-state index in [0.29, 0.717) is 18.2 Å². The van der Waals surface area contributed by atoms with Gasteiger partial charge in [0.2, 0.25) is 0 Å². The summed E-state index contributed by atoms with van der Waals surface area (Å²) >= 11 is 0. The number of aliphatic hydroxyl groups is 1. The number of benzene rings is 1. The van der Waals surface area contributed by atoms with Crippen LogP contribution >= 0.6 is 0 Å². The Morgan fingerprint density at radius 1 is 1.17 bits per heavy atom. The first kappa shape index (κ1) is 16.0. The van der Waals surface area contributed by atoms with Gasteiger partial charge in [-0.2, -0.15) is 0 Å². The van der Waals surface area contributed by atoms with Gasteiger partial charge in [-0.05, 0) is 30.9 Å². The van der Waals surface area contributed by atoms with Crippen molar-refractivity contribution in [1.82, 2.24) is 0 Å². The molecule has 0 spiro atoms. The Hall–Kier alpha value is -1.85. The predicted molar refractivity (Wildman–Crippen MR) is 87.4 cm³/mol. The van der Waals surface area contributed by atoms with Crippen molar-refractivity contribution in [3.8, 4) is 5.75 Å². The van der Waals surface area contributed by atoms with Gasteiger partial charge in [0.1, 0.15) is 17.9 Å². The molecule has 23 heavy (non-hydrogen) atoms. The average Bonchev–Trinajstić information content (AvgIpc) is 2.53. The van der Waals surface area contributed by atoms with Crippen molar-refractivity contribution in [2.24, 2.45) is 0 Å². The second-order valence-corrected chi connectivity index (χ2v) is 6.43. The average molecular weight is 318 g/mol. The van der Waals surface area contributed by atoms with Gasteiger partial charge in [-0.3, -0.25) is 0 Å².